The Balaban J connectivity index is 2.31. The summed E-state index contributed by atoms with van der Waals surface area (Å²) >= 11 is 12.3. The molecule has 0 unspecified atom stereocenters. The van der Waals surface area contributed by atoms with Gasteiger partial charge in [-0.05, 0) is 30.3 Å². The number of hydrogen-bond acceptors (Lipinski definition) is 3. The molecule has 100 valence electrons. The van der Waals surface area contributed by atoms with Crippen LogP contribution in [-0.4, -0.2) is 26.1 Å². The van der Waals surface area contributed by atoms with Gasteiger partial charge in [-0.2, -0.15) is 0 Å². The highest BCUT2D eigenvalue weighted by Gasteiger charge is 2.14. The van der Waals surface area contributed by atoms with E-state index >= 15 is 0 Å². The predicted molar refractivity (Wildman–Crippen MR) is 75.8 cm³/mol. The molecule has 1 heterocycles. The first-order chi connectivity index (χ1) is 9.58. The van der Waals surface area contributed by atoms with E-state index in [2.05, 4.69) is 10.3 Å². The zero-order valence-electron chi connectivity index (χ0n) is 9.92. The number of rotatable bonds is 2. The molecule has 0 aliphatic rings. The van der Waals surface area contributed by atoms with E-state index in [9.17, 15) is 4.79 Å². The van der Waals surface area contributed by atoms with Crippen LogP contribution < -0.4 is 0 Å². The van der Waals surface area contributed by atoms with Crippen LogP contribution in [0.15, 0.2) is 36.4 Å². The van der Waals surface area contributed by atoms with Crippen LogP contribution in [0, 0.1) is 0 Å². The molecule has 7 heteroatoms. The van der Waals surface area contributed by atoms with Crippen molar-refractivity contribution in [1.82, 2.24) is 15.0 Å². The molecule has 0 amide bonds. The number of para-hydroxylation sites is 1. The van der Waals surface area contributed by atoms with Crippen molar-refractivity contribution in [3.63, 3.8) is 0 Å². The van der Waals surface area contributed by atoms with Crippen molar-refractivity contribution in [3.05, 3.63) is 52.0 Å². The molecule has 1 N–H and O–H groups in total. The van der Waals surface area contributed by atoms with Crippen molar-refractivity contribution in [2.45, 2.75) is 0 Å². The molecular weight excluding hydrogens is 301 g/mol. The fraction of sp³-hybridized carbons (Fsp3) is 0. The summed E-state index contributed by atoms with van der Waals surface area (Å²) in [5, 5.41) is 17.8. The standard InChI is InChI=1S/C13H7Cl2N3O2/c14-8-2-1-3-9(15)12(8)18-11-6-7(13(19)20)4-5-10(11)16-17-18/h1-6H,(H,19,20). The molecule has 3 rings (SSSR count). The average Bonchev–Trinajstić information content (AvgIpc) is 2.81. The second-order valence-corrected chi connectivity index (χ2v) is 4.89. The van der Waals surface area contributed by atoms with Crippen LogP contribution in [0.2, 0.25) is 10.0 Å². The topological polar surface area (TPSA) is 68.0 Å². The Bertz CT molecular complexity index is 809. The summed E-state index contributed by atoms with van der Waals surface area (Å²) in [5.41, 5.74) is 1.70. The largest absolute Gasteiger partial charge is 0.478 e. The van der Waals surface area contributed by atoms with E-state index in [0.717, 1.165) is 0 Å². The number of aromatic carboxylic acids is 1. The predicted octanol–water partition coefficient (Wildman–Crippen LogP) is 3.43. The molecule has 0 aliphatic heterocycles. The zero-order chi connectivity index (χ0) is 14.3. The van der Waals surface area contributed by atoms with Gasteiger partial charge in [-0.25, -0.2) is 9.48 Å². The molecule has 1 aromatic heterocycles. The van der Waals surface area contributed by atoms with Gasteiger partial charge in [-0.1, -0.05) is 34.5 Å². The van der Waals surface area contributed by atoms with Crippen molar-refractivity contribution >= 4 is 40.2 Å². The minimum absolute atomic E-state index is 0.143. The van der Waals surface area contributed by atoms with Crippen LogP contribution in [0.25, 0.3) is 16.7 Å². The zero-order valence-corrected chi connectivity index (χ0v) is 11.4. The Labute approximate surface area is 123 Å². The van der Waals surface area contributed by atoms with Gasteiger partial charge >= 0.3 is 5.97 Å². The lowest BCUT2D eigenvalue weighted by atomic mass is 10.2. The third kappa shape index (κ3) is 2.01. The van der Waals surface area contributed by atoms with Crippen molar-refractivity contribution in [2.24, 2.45) is 0 Å². The number of carboxylic acids is 1. The molecule has 0 bridgehead atoms. The Morgan fingerprint density at radius 1 is 1.15 bits per heavy atom. The number of aromatic nitrogens is 3. The van der Waals surface area contributed by atoms with Crippen LogP contribution in [-0.2, 0) is 0 Å². The molecule has 2 aromatic carbocycles. The van der Waals surface area contributed by atoms with E-state index in [1.807, 2.05) is 0 Å². The SMILES string of the molecule is O=C(O)c1ccc2nnn(-c3c(Cl)cccc3Cl)c2c1. The van der Waals surface area contributed by atoms with Crippen molar-refractivity contribution in [1.29, 1.82) is 0 Å². The molecule has 3 aromatic rings. The number of benzene rings is 2. The van der Waals surface area contributed by atoms with Gasteiger partial charge in [0, 0.05) is 0 Å². The summed E-state index contributed by atoms with van der Waals surface area (Å²) < 4.78 is 1.44. The number of nitrogens with zero attached hydrogens (tertiary/aromatic N) is 3. The van der Waals surface area contributed by atoms with E-state index in [0.29, 0.717) is 26.8 Å². The van der Waals surface area contributed by atoms with Crippen LogP contribution in [0.1, 0.15) is 10.4 Å². The lowest BCUT2D eigenvalue weighted by Gasteiger charge is -2.07. The minimum atomic E-state index is -1.02. The number of fused-ring (bicyclic) bond motifs is 1. The van der Waals surface area contributed by atoms with Gasteiger partial charge in [0.25, 0.3) is 0 Å². The summed E-state index contributed by atoms with van der Waals surface area (Å²) in [5.74, 6) is -1.02. The van der Waals surface area contributed by atoms with Crippen LogP contribution >= 0.6 is 23.2 Å². The fourth-order valence-electron chi connectivity index (χ4n) is 1.91. The maximum absolute atomic E-state index is 11.0. The number of halogens is 2. The van der Waals surface area contributed by atoms with Crippen LogP contribution in [0.5, 0.6) is 0 Å². The number of carboxylic acid groups (broad SMARTS) is 1. The molecule has 0 atom stereocenters. The lowest BCUT2D eigenvalue weighted by molar-refractivity contribution is 0.0697. The first-order valence-electron chi connectivity index (χ1n) is 5.61. The fourth-order valence-corrected chi connectivity index (χ4v) is 2.47. The van der Waals surface area contributed by atoms with E-state index < -0.39 is 5.97 Å². The normalized spacial score (nSPS) is 10.9. The maximum atomic E-state index is 11.0. The first kappa shape index (κ1) is 12.9. The molecule has 0 aliphatic carbocycles. The van der Waals surface area contributed by atoms with Gasteiger partial charge in [0.05, 0.1) is 21.1 Å². The van der Waals surface area contributed by atoms with Crippen molar-refractivity contribution in [3.8, 4) is 5.69 Å². The summed E-state index contributed by atoms with van der Waals surface area (Å²) in [4.78, 5) is 11.0. The van der Waals surface area contributed by atoms with Gasteiger partial charge in [0.15, 0.2) is 0 Å². The van der Waals surface area contributed by atoms with E-state index in [4.69, 9.17) is 28.3 Å². The van der Waals surface area contributed by atoms with Crippen molar-refractivity contribution in [2.75, 3.05) is 0 Å². The summed E-state index contributed by atoms with van der Waals surface area (Å²) in [6, 6.07) is 9.62. The smallest absolute Gasteiger partial charge is 0.335 e. The highest BCUT2D eigenvalue weighted by molar-refractivity contribution is 6.37. The minimum Gasteiger partial charge on any atom is -0.478 e. The molecule has 5 nitrogen and oxygen atoms in total. The molecule has 0 saturated carbocycles. The number of hydrogen-bond donors (Lipinski definition) is 1. The summed E-state index contributed by atoms with van der Waals surface area (Å²) in [6.07, 6.45) is 0. The monoisotopic (exact) mass is 307 g/mol. The van der Waals surface area contributed by atoms with E-state index in [-0.39, 0.29) is 5.56 Å². The third-order valence-electron chi connectivity index (χ3n) is 2.84. The molecule has 0 fully saturated rings. The number of carbonyl (C=O) groups is 1. The highest BCUT2D eigenvalue weighted by atomic mass is 35.5. The van der Waals surface area contributed by atoms with E-state index in [1.165, 1.54) is 16.8 Å². The Morgan fingerprint density at radius 3 is 2.50 bits per heavy atom. The van der Waals surface area contributed by atoms with E-state index in [1.54, 1.807) is 24.3 Å². The Kier molecular flexibility index (Phi) is 3.08. The molecule has 0 spiro atoms. The van der Waals surface area contributed by atoms with Gasteiger partial charge in [0.2, 0.25) is 0 Å². The van der Waals surface area contributed by atoms with Crippen molar-refractivity contribution < 1.29 is 9.90 Å². The second-order valence-electron chi connectivity index (χ2n) is 4.08. The Hall–Kier alpha value is -2.11. The maximum Gasteiger partial charge on any atom is 0.335 e. The van der Waals surface area contributed by atoms with Gasteiger partial charge < -0.3 is 5.11 Å². The average molecular weight is 308 g/mol. The molecule has 0 radical (unpaired) electrons. The first-order valence-corrected chi connectivity index (χ1v) is 6.36. The summed E-state index contributed by atoms with van der Waals surface area (Å²) in [7, 11) is 0. The highest BCUT2D eigenvalue weighted by Crippen LogP contribution is 2.30. The second kappa shape index (κ2) is 4.77. The molecular formula is C13H7Cl2N3O2. The van der Waals surface area contributed by atoms with Gasteiger partial charge in [-0.15, -0.1) is 5.10 Å². The Morgan fingerprint density at radius 2 is 1.85 bits per heavy atom. The van der Waals surface area contributed by atoms with Crippen LogP contribution in [0.3, 0.4) is 0 Å². The summed E-state index contributed by atoms with van der Waals surface area (Å²) in [6.45, 7) is 0. The van der Waals surface area contributed by atoms with Gasteiger partial charge in [0.1, 0.15) is 11.2 Å². The molecule has 20 heavy (non-hydrogen) atoms. The molecule has 0 saturated heterocycles. The third-order valence-corrected chi connectivity index (χ3v) is 3.45. The van der Waals surface area contributed by atoms with Crippen LogP contribution in [0.4, 0.5) is 0 Å². The lowest BCUT2D eigenvalue weighted by Crippen LogP contribution is -2.00. The quantitative estimate of drug-likeness (QED) is 0.787. The van der Waals surface area contributed by atoms with Gasteiger partial charge in [-0.3, -0.25) is 0 Å².